The van der Waals surface area contributed by atoms with Gasteiger partial charge in [-0.15, -0.1) is 0 Å². The molecule has 0 aliphatic rings. The van der Waals surface area contributed by atoms with Crippen LogP contribution in [0.25, 0.3) is 0 Å². The van der Waals surface area contributed by atoms with E-state index in [1.165, 1.54) is 0 Å². The topological polar surface area (TPSA) is 0 Å². The molecule has 6 heavy (non-hydrogen) atoms. The fourth-order valence-electron chi connectivity index (χ4n) is 0. The van der Waals surface area contributed by atoms with Gasteiger partial charge in [-0.05, 0) is 0 Å². The normalized spacial score (nSPS) is 0. The minimum atomic E-state index is 0. The van der Waals surface area contributed by atoms with Gasteiger partial charge in [-0.1, -0.05) is 0 Å². The fourth-order valence-corrected chi connectivity index (χ4v) is 0. The van der Waals surface area contributed by atoms with Gasteiger partial charge in [0, 0.05) is 0 Å². The maximum atomic E-state index is 0. The summed E-state index contributed by atoms with van der Waals surface area (Å²) < 4.78 is 0. The second-order valence-corrected chi connectivity index (χ2v) is 0. The van der Waals surface area contributed by atoms with Gasteiger partial charge in [0.15, 0.2) is 0 Å². The first-order valence-corrected chi connectivity index (χ1v) is 0. The van der Waals surface area contributed by atoms with Crippen LogP contribution >= 0.6 is 0 Å². The number of hydrogen-bond acceptors (Lipinski definition) is 0. The molecule has 0 unspecified atom stereocenters. The summed E-state index contributed by atoms with van der Waals surface area (Å²) in [4.78, 5) is 0. The van der Waals surface area contributed by atoms with Crippen LogP contribution in [0, 0.1) is 31.1 Å². The third-order valence-corrected chi connectivity index (χ3v) is 0. The monoisotopic (exact) mass is 413 g/mol. The van der Waals surface area contributed by atoms with E-state index < -0.39 is 0 Å². The van der Waals surface area contributed by atoms with Gasteiger partial charge in [-0.2, -0.15) is 0 Å². The minimum absolute atomic E-state index is 0. The molecule has 0 spiro atoms. The number of halogens is 5. The molecule has 0 atom stereocenters. The van der Waals surface area contributed by atoms with E-state index in [9.17, 15) is 0 Å². The molecule has 0 aromatic carbocycles. The van der Waals surface area contributed by atoms with Crippen LogP contribution in [0.4, 0.5) is 0 Å². The Hall–Kier alpha value is 2.50. The average molecular weight is 415 g/mol. The first-order chi connectivity index (χ1) is 0. The molecule has 0 heterocycles. The predicted molar refractivity (Wildman–Crippen MR) is 0 cm³/mol. The molecule has 0 amide bonds. The van der Waals surface area contributed by atoms with E-state index in [4.69, 9.17) is 0 Å². The van der Waals surface area contributed by atoms with Crippen molar-refractivity contribution in [3.8, 4) is 0 Å². The standard InChI is InChI=1S/5ClH.U/h5*1H;/q;;;;;+2/p-5. The van der Waals surface area contributed by atoms with Gasteiger partial charge in [-0.3, -0.25) is 0 Å². The Balaban J connectivity index is 0. The van der Waals surface area contributed by atoms with Crippen molar-refractivity contribution in [2.75, 3.05) is 0 Å². The molecule has 0 radical (unpaired) electrons. The maximum absolute atomic E-state index is 0. The Morgan fingerprint density at radius 1 is 0.333 bits per heavy atom. The van der Waals surface area contributed by atoms with Crippen LogP contribution in [-0.2, 0) is 0 Å². The molecule has 0 rings (SSSR count). The maximum Gasteiger partial charge on any atom is 2.00 e. The summed E-state index contributed by atoms with van der Waals surface area (Å²) in [7, 11) is 0. The molecule has 0 fully saturated rings. The van der Waals surface area contributed by atoms with E-state index >= 15 is 0 Å². The van der Waals surface area contributed by atoms with E-state index in [-0.39, 0.29) is 93.1 Å². The smallest absolute Gasteiger partial charge is 1.00 e. The van der Waals surface area contributed by atoms with Gasteiger partial charge in [0.2, 0.25) is 0 Å². The van der Waals surface area contributed by atoms with Crippen LogP contribution in [0.5, 0.6) is 0 Å². The zero-order valence-corrected chi connectivity index (χ0v) is 10.3. The summed E-state index contributed by atoms with van der Waals surface area (Å²) in [5.41, 5.74) is 0. The van der Waals surface area contributed by atoms with Crippen molar-refractivity contribution in [3.63, 3.8) is 0 Å². The second kappa shape index (κ2) is 50.7. The summed E-state index contributed by atoms with van der Waals surface area (Å²) in [6.07, 6.45) is 0. The Labute approximate surface area is 92.0 Å². The molecular formula is Cl5U-3. The summed E-state index contributed by atoms with van der Waals surface area (Å²) >= 11 is 0. The van der Waals surface area contributed by atoms with Crippen molar-refractivity contribution in [2.45, 2.75) is 0 Å². The van der Waals surface area contributed by atoms with Gasteiger partial charge in [0.1, 0.15) is 0 Å². The Morgan fingerprint density at radius 3 is 0.333 bits per heavy atom. The van der Waals surface area contributed by atoms with E-state index in [0.29, 0.717) is 0 Å². The summed E-state index contributed by atoms with van der Waals surface area (Å²) in [6, 6.07) is 0. The van der Waals surface area contributed by atoms with Crippen LogP contribution in [0.1, 0.15) is 0 Å². The van der Waals surface area contributed by atoms with Crippen LogP contribution in [0.2, 0.25) is 0 Å². The first kappa shape index (κ1) is 76.4. The SMILES string of the molecule is [Cl-].[Cl-].[Cl-].[Cl-].[Cl-].[U+2]. The van der Waals surface area contributed by atoms with Crippen LogP contribution in [0.3, 0.4) is 0 Å². The van der Waals surface area contributed by atoms with Crippen molar-refractivity contribution >= 4 is 0 Å². The molecule has 0 N–H and O–H groups in total. The van der Waals surface area contributed by atoms with Gasteiger partial charge >= 0.3 is 31.1 Å². The third-order valence-electron chi connectivity index (χ3n) is 0. The predicted octanol–water partition coefficient (Wildman–Crippen LogP) is -15.0. The number of rotatable bonds is 0. The molecular weight excluding hydrogens is 415 g/mol. The average Bonchev–Trinajstić information content (AvgIpc) is 0. The number of hydrogen-bond donors (Lipinski definition) is 0. The summed E-state index contributed by atoms with van der Waals surface area (Å²) in [6.45, 7) is 0. The molecule has 0 aromatic rings. The van der Waals surface area contributed by atoms with Gasteiger partial charge < -0.3 is 62.0 Å². The zero-order chi connectivity index (χ0) is 0. The molecule has 0 saturated heterocycles. The van der Waals surface area contributed by atoms with Crippen molar-refractivity contribution in [1.82, 2.24) is 0 Å². The molecule has 0 aliphatic carbocycles. The molecule has 0 nitrogen and oxygen atoms in total. The Kier molecular flexibility index (Phi) is 645. The van der Waals surface area contributed by atoms with Crippen LogP contribution in [0.15, 0.2) is 0 Å². The van der Waals surface area contributed by atoms with E-state index in [1.807, 2.05) is 0 Å². The Morgan fingerprint density at radius 2 is 0.333 bits per heavy atom. The van der Waals surface area contributed by atoms with Gasteiger partial charge in [-0.25, -0.2) is 0 Å². The van der Waals surface area contributed by atoms with Crippen molar-refractivity contribution in [1.29, 1.82) is 0 Å². The van der Waals surface area contributed by atoms with Gasteiger partial charge in [0.05, 0.1) is 0 Å². The largest absolute Gasteiger partial charge is 2.00 e. The van der Waals surface area contributed by atoms with Crippen molar-refractivity contribution in [2.24, 2.45) is 0 Å². The van der Waals surface area contributed by atoms with Crippen LogP contribution < -0.4 is 62.0 Å². The molecule has 0 bridgehead atoms. The van der Waals surface area contributed by atoms with E-state index in [0.717, 1.165) is 0 Å². The molecule has 0 saturated carbocycles. The summed E-state index contributed by atoms with van der Waals surface area (Å²) in [5, 5.41) is 0. The zero-order valence-electron chi connectivity index (χ0n) is 2.39. The quantitative estimate of drug-likeness (QED) is 0.369. The summed E-state index contributed by atoms with van der Waals surface area (Å²) in [5.74, 6) is 0. The van der Waals surface area contributed by atoms with E-state index in [2.05, 4.69) is 0 Å². The molecule has 42 valence electrons. The third kappa shape index (κ3) is 31.4. The first-order valence-electron chi connectivity index (χ1n) is 0. The Bertz CT molecular complexity index is 3.90. The van der Waals surface area contributed by atoms with Crippen molar-refractivity contribution < 1.29 is 93.1 Å². The second-order valence-electron chi connectivity index (χ2n) is 0. The minimum Gasteiger partial charge on any atom is -1.00 e. The fraction of sp³-hybridized carbons (Fsp3) is 0. The molecule has 0 aliphatic heterocycles. The van der Waals surface area contributed by atoms with Crippen LogP contribution in [-0.4, -0.2) is 0 Å². The van der Waals surface area contributed by atoms with Gasteiger partial charge in [0.25, 0.3) is 0 Å². The molecule has 0 aromatic heterocycles. The molecule has 6 heteroatoms. The van der Waals surface area contributed by atoms with E-state index in [1.54, 1.807) is 0 Å². The van der Waals surface area contributed by atoms with Crippen molar-refractivity contribution in [3.05, 3.63) is 0 Å².